The van der Waals surface area contributed by atoms with Crippen molar-refractivity contribution in [2.24, 2.45) is 5.73 Å². The van der Waals surface area contributed by atoms with Crippen LogP contribution in [0.25, 0.3) is 5.82 Å². The molecule has 78 valence electrons. The van der Waals surface area contributed by atoms with E-state index in [1.54, 1.807) is 6.20 Å². The van der Waals surface area contributed by atoms with Crippen molar-refractivity contribution in [3.8, 4) is 5.82 Å². The molecule has 0 aliphatic heterocycles. The third kappa shape index (κ3) is 2.41. The Morgan fingerprint density at radius 1 is 1.40 bits per heavy atom. The Bertz CT molecular complexity index is 408. The number of hydrogen-bond donors (Lipinski definition) is 1. The molecule has 0 atom stereocenters. The van der Waals surface area contributed by atoms with E-state index in [9.17, 15) is 0 Å². The lowest BCUT2D eigenvalue weighted by atomic mass is 10.4. The van der Waals surface area contributed by atoms with E-state index in [1.807, 2.05) is 41.5 Å². The molecule has 0 saturated heterocycles. The maximum absolute atomic E-state index is 5.46. The van der Waals surface area contributed by atoms with Crippen LogP contribution in [0.3, 0.4) is 0 Å². The Hall–Kier alpha value is -1.68. The molecular formula is C11H15N4+. The van der Waals surface area contributed by atoms with Gasteiger partial charge in [0.1, 0.15) is 12.4 Å². The van der Waals surface area contributed by atoms with Gasteiger partial charge in [-0.05, 0) is 19.0 Å². The first-order chi connectivity index (χ1) is 7.40. The molecular weight excluding hydrogens is 188 g/mol. The number of rotatable bonds is 4. The summed E-state index contributed by atoms with van der Waals surface area (Å²) in [6, 6.07) is 5.87. The van der Waals surface area contributed by atoms with Gasteiger partial charge < -0.3 is 5.73 Å². The third-order valence-corrected chi connectivity index (χ3v) is 2.23. The first-order valence-corrected chi connectivity index (χ1v) is 5.08. The lowest BCUT2D eigenvalue weighted by Crippen LogP contribution is -2.32. The predicted octanol–water partition coefficient (Wildman–Crippen LogP) is 0.509. The number of nitrogens with two attached hydrogens (primary N) is 1. The van der Waals surface area contributed by atoms with Crippen molar-refractivity contribution >= 4 is 0 Å². The SMILES string of the molecule is NCCC[n+]1ccn(-c2ccccn2)c1. The Morgan fingerprint density at radius 3 is 3.07 bits per heavy atom. The van der Waals surface area contributed by atoms with Crippen molar-refractivity contribution in [2.45, 2.75) is 13.0 Å². The molecule has 0 saturated carbocycles. The standard InChI is InChI=1S/C11H15N4/c12-5-3-7-14-8-9-15(10-14)11-4-1-2-6-13-11/h1-2,4,6,8-10H,3,5,7,12H2/q+1. The van der Waals surface area contributed by atoms with Gasteiger partial charge in [-0.15, -0.1) is 0 Å². The predicted molar refractivity (Wildman–Crippen MR) is 57.4 cm³/mol. The Kier molecular flexibility index (Phi) is 3.09. The van der Waals surface area contributed by atoms with Crippen LogP contribution in [0.15, 0.2) is 43.1 Å². The maximum Gasteiger partial charge on any atom is 0.250 e. The van der Waals surface area contributed by atoms with Crippen LogP contribution in [0.5, 0.6) is 0 Å². The van der Waals surface area contributed by atoms with E-state index in [0.29, 0.717) is 0 Å². The molecule has 0 aromatic carbocycles. The van der Waals surface area contributed by atoms with E-state index >= 15 is 0 Å². The molecule has 0 aliphatic rings. The number of hydrogen-bond acceptors (Lipinski definition) is 2. The fourth-order valence-corrected chi connectivity index (χ4v) is 1.44. The van der Waals surface area contributed by atoms with Crippen molar-refractivity contribution in [2.75, 3.05) is 6.54 Å². The Balaban J connectivity index is 2.14. The highest BCUT2D eigenvalue weighted by Gasteiger charge is 2.05. The van der Waals surface area contributed by atoms with Crippen molar-refractivity contribution in [3.63, 3.8) is 0 Å². The van der Waals surface area contributed by atoms with Crippen LogP contribution in [-0.4, -0.2) is 16.1 Å². The first-order valence-electron chi connectivity index (χ1n) is 5.08. The van der Waals surface area contributed by atoms with Gasteiger partial charge >= 0.3 is 0 Å². The zero-order chi connectivity index (χ0) is 10.5. The average molecular weight is 203 g/mol. The second-order valence-electron chi connectivity index (χ2n) is 3.39. The summed E-state index contributed by atoms with van der Waals surface area (Å²) in [5, 5.41) is 0. The van der Waals surface area contributed by atoms with E-state index in [0.717, 1.165) is 25.3 Å². The smallest absolute Gasteiger partial charge is 0.250 e. The van der Waals surface area contributed by atoms with E-state index < -0.39 is 0 Å². The van der Waals surface area contributed by atoms with Gasteiger partial charge in [-0.1, -0.05) is 6.07 Å². The second kappa shape index (κ2) is 4.70. The normalized spacial score (nSPS) is 10.5. The van der Waals surface area contributed by atoms with Crippen molar-refractivity contribution in [1.29, 1.82) is 0 Å². The van der Waals surface area contributed by atoms with Crippen LogP contribution in [0, 0.1) is 0 Å². The van der Waals surface area contributed by atoms with Gasteiger partial charge in [0, 0.05) is 12.3 Å². The maximum atomic E-state index is 5.46. The summed E-state index contributed by atoms with van der Waals surface area (Å²) in [5.74, 6) is 0.934. The highest BCUT2D eigenvalue weighted by molar-refractivity contribution is 5.19. The fraction of sp³-hybridized carbons (Fsp3) is 0.273. The van der Waals surface area contributed by atoms with Crippen molar-refractivity contribution in [1.82, 2.24) is 9.55 Å². The lowest BCUT2D eigenvalue weighted by molar-refractivity contribution is -0.696. The molecule has 0 radical (unpaired) electrons. The van der Waals surface area contributed by atoms with E-state index in [-0.39, 0.29) is 0 Å². The van der Waals surface area contributed by atoms with E-state index in [4.69, 9.17) is 5.73 Å². The van der Waals surface area contributed by atoms with Crippen LogP contribution in [0.2, 0.25) is 0 Å². The summed E-state index contributed by atoms with van der Waals surface area (Å²) in [4.78, 5) is 4.27. The summed E-state index contributed by atoms with van der Waals surface area (Å²) in [7, 11) is 0. The number of imidazole rings is 1. The molecule has 0 bridgehead atoms. The van der Waals surface area contributed by atoms with Crippen LogP contribution >= 0.6 is 0 Å². The monoisotopic (exact) mass is 203 g/mol. The lowest BCUT2D eigenvalue weighted by Gasteiger charge is -1.93. The number of aromatic nitrogens is 3. The minimum absolute atomic E-state index is 0.724. The Morgan fingerprint density at radius 2 is 2.33 bits per heavy atom. The second-order valence-corrected chi connectivity index (χ2v) is 3.39. The molecule has 15 heavy (non-hydrogen) atoms. The van der Waals surface area contributed by atoms with Gasteiger partial charge in [0.25, 0.3) is 0 Å². The quantitative estimate of drug-likeness (QED) is 0.736. The van der Waals surface area contributed by atoms with E-state index in [1.165, 1.54) is 0 Å². The van der Waals surface area contributed by atoms with Gasteiger partial charge in [-0.3, -0.25) is 0 Å². The topological polar surface area (TPSA) is 47.7 Å². The van der Waals surface area contributed by atoms with Gasteiger partial charge in [0.2, 0.25) is 12.1 Å². The molecule has 2 aromatic rings. The average Bonchev–Trinajstić information content (AvgIpc) is 2.76. The molecule has 0 fully saturated rings. The minimum Gasteiger partial charge on any atom is -0.330 e. The van der Waals surface area contributed by atoms with Gasteiger partial charge in [-0.25, -0.2) is 9.55 Å². The number of nitrogens with zero attached hydrogens (tertiary/aromatic N) is 3. The highest BCUT2D eigenvalue weighted by Crippen LogP contribution is 2.00. The molecule has 2 N–H and O–H groups in total. The highest BCUT2D eigenvalue weighted by atomic mass is 15.1. The molecule has 2 aromatic heterocycles. The molecule has 4 heteroatoms. The molecule has 0 unspecified atom stereocenters. The number of pyridine rings is 1. The van der Waals surface area contributed by atoms with Gasteiger partial charge in [0.05, 0.1) is 6.54 Å². The zero-order valence-electron chi connectivity index (χ0n) is 8.58. The van der Waals surface area contributed by atoms with E-state index in [2.05, 4.69) is 9.55 Å². The fourth-order valence-electron chi connectivity index (χ4n) is 1.44. The van der Waals surface area contributed by atoms with Crippen LogP contribution in [0.1, 0.15) is 6.42 Å². The van der Waals surface area contributed by atoms with Crippen molar-refractivity contribution < 1.29 is 4.57 Å². The summed E-state index contributed by atoms with van der Waals surface area (Å²) in [6.07, 6.45) is 8.84. The summed E-state index contributed by atoms with van der Waals surface area (Å²) >= 11 is 0. The third-order valence-electron chi connectivity index (χ3n) is 2.23. The van der Waals surface area contributed by atoms with Crippen LogP contribution in [0.4, 0.5) is 0 Å². The molecule has 0 aliphatic carbocycles. The zero-order valence-corrected chi connectivity index (χ0v) is 8.58. The van der Waals surface area contributed by atoms with Crippen LogP contribution < -0.4 is 10.3 Å². The summed E-state index contributed by atoms with van der Waals surface area (Å²) in [5.41, 5.74) is 5.46. The minimum atomic E-state index is 0.724. The molecule has 0 spiro atoms. The summed E-state index contributed by atoms with van der Waals surface area (Å²) in [6.45, 7) is 1.68. The molecule has 2 rings (SSSR count). The summed E-state index contributed by atoms with van der Waals surface area (Å²) < 4.78 is 4.11. The molecule has 0 amide bonds. The molecule has 4 nitrogen and oxygen atoms in total. The first kappa shape index (κ1) is 9.86. The van der Waals surface area contributed by atoms with Crippen LogP contribution in [-0.2, 0) is 6.54 Å². The van der Waals surface area contributed by atoms with Gasteiger partial charge in [0.15, 0.2) is 0 Å². The largest absolute Gasteiger partial charge is 0.330 e. The van der Waals surface area contributed by atoms with Crippen molar-refractivity contribution in [3.05, 3.63) is 43.1 Å². The molecule has 2 heterocycles. The van der Waals surface area contributed by atoms with Gasteiger partial charge in [-0.2, -0.15) is 4.57 Å². The Labute approximate surface area is 89.0 Å². The number of aryl methyl sites for hydroxylation is 1.